The summed E-state index contributed by atoms with van der Waals surface area (Å²) < 4.78 is 0. The Hall–Kier alpha value is -1.70. The molecule has 1 aliphatic carbocycles. The summed E-state index contributed by atoms with van der Waals surface area (Å²) in [4.78, 5) is 8.53. The van der Waals surface area contributed by atoms with E-state index in [1.54, 1.807) is 0 Å². The zero-order valence-electron chi connectivity index (χ0n) is 21.0. The molecule has 1 saturated carbocycles. The molecule has 0 saturated heterocycles. The lowest BCUT2D eigenvalue weighted by atomic mass is 9.79. The Kier molecular flexibility index (Phi) is 19.9. The fourth-order valence-electron chi connectivity index (χ4n) is 3.24. The molecule has 1 heterocycles. The molecule has 2 nitrogen and oxygen atoms in total. The minimum atomic E-state index is 0.788. The summed E-state index contributed by atoms with van der Waals surface area (Å²) in [5, 5.41) is 0. The van der Waals surface area contributed by atoms with Gasteiger partial charge in [0.2, 0.25) is 0 Å². The van der Waals surface area contributed by atoms with Gasteiger partial charge in [-0.05, 0) is 31.2 Å². The molecule has 3 rings (SSSR count). The van der Waals surface area contributed by atoms with Crippen LogP contribution in [-0.4, -0.2) is 9.97 Å². The van der Waals surface area contributed by atoms with Gasteiger partial charge in [-0.3, -0.25) is 0 Å². The zero-order chi connectivity index (χ0) is 22.7. The molecule has 0 aliphatic heterocycles. The van der Waals surface area contributed by atoms with Crippen molar-refractivity contribution in [2.45, 2.75) is 101 Å². The molecule has 1 aromatic heterocycles. The highest BCUT2D eigenvalue weighted by Gasteiger charge is 2.18. The van der Waals surface area contributed by atoms with E-state index in [0.717, 1.165) is 28.8 Å². The summed E-state index contributed by atoms with van der Waals surface area (Å²) in [5.41, 5.74) is 3.40. The van der Waals surface area contributed by atoms with E-state index in [9.17, 15) is 0 Å². The van der Waals surface area contributed by atoms with Crippen molar-refractivity contribution in [2.75, 3.05) is 0 Å². The molecule has 2 atom stereocenters. The molecule has 0 bridgehead atoms. The molecule has 0 radical (unpaired) electrons. The lowest BCUT2D eigenvalue weighted by molar-refractivity contribution is 0.249. The first-order chi connectivity index (χ1) is 14.1. The van der Waals surface area contributed by atoms with Crippen molar-refractivity contribution in [2.24, 2.45) is 11.8 Å². The normalized spacial score (nSPS) is 16.9. The van der Waals surface area contributed by atoms with Gasteiger partial charge in [-0.1, -0.05) is 117 Å². The fourth-order valence-corrected chi connectivity index (χ4v) is 3.24. The lowest BCUT2D eigenvalue weighted by Gasteiger charge is -2.27. The van der Waals surface area contributed by atoms with Gasteiger partial charge in [-0.2, -0.15) is 0 Å². The van der Waals surface area contributed by atoms with Crippen LogP contribution in [0.2, 0.25) is 0 Å². The quantitative estimate of drug-likeness (QED) is 0.502. The van der Waals surface area contributed by atoms with Crippen LogP contribution < -0.4 is 0 Å². The zero-order valence-corrected chi connectivity index (χ0v) is 21.0. The third-order valence-corrected chi connectivity index (χ3v) is 4.90. The molecular weight excluding hydrogens is 352 g/mol. The Balaban J connectivity index is 0. The Morgan fingerprint density at radius 3 is 1.66 bits per heavy atom. The number of aromatic nitrogens is 2. The van der Waals surface area contributed by atoms with Crippen LogP contribution in [0.1, 0.15) is 98.6 Å². The van der Waals surface area contributed by atoms with E-state index in [2.05, 4.69) is 42.9 Å². The van der Waals surface area contributed by atoms with Crippen LogP contribution in [0.3, 0.4) is 0 Å². The van der Waals surface area contributed by atoms with Gasteiger partial charge < -0.3 is 0 Å². The van der Waals surface area contributed by atoms with E-state index in [0.29, 0.717) is 0 Å². The molecule has 166 valence electrons. The molecule has 0 N–H and O–H groups in total. The lowest BCUT2D eigenvalue weighted by Crippen LogP contribution is -2.15. The van der Waals surface area contributed by atoms with Gasteiger partial charge in [0.05, 0.1) is 0 Å². The van der Waals surface area contributed by atoms with E-state index in [4.69, 9.17) is 0 Å². The van der Waals surface area contributed by atoms with E-state index in [1.165, 1.54) is 37.7 Å². The number of hydrogen-bond donors (Lipinski definition) is 0. The first kappa shape index (κ1) is 29.5. The second-order valence-electron chi connectivity index (χ2n) is 6.88. The smallest absolute Gasteiger partial charge is 0.159 e. The molecule has 1 aromatic carbocycles. The third kappa shape index (κ3) is 12.5. The maximum absolute atomic E-state index is 4.27. The van der Waals surface area contributed by atoms with Gasteiger partial charge >= 0.3 is 0 Å². The predicted molar refractivity (Wildman–Crippen MR) is 132 cm³/mol. The number of aryl methyl sites for hydroxylation is 2. The number of benzene rings is 1. The standard InChI is InChI=1S/C12H12N2.C9H18.3C2H6/c1-9-3-5-11(6-4-9)12-13-7-10(2)8-14-12;1-3-9-7-5-4-6-8(9)2;3*1-2/h3-8H,1-2H3;8-9H,3-7H2,1-2H3;3*1-2H3/t;8-,9?;;;/m.0.../s1. The summed E-state index contributed by atoms with van der Waals surface area (Å²) in [7, 11) is 0. The minimum Gasteiger partial charge on any atom is -0.236 e. The SMILES string of the molecule is CC.CC.CC.CCC1CCCC[C@@H]1C.Cc1ccc(-c2ncc(C)cn2)cc1. The molecule has 0 amide bonds. The minimum absolute atomic E-state index is 0.788. The maximum atomic E-state index is 4.27. The molecule has 1 unspecified atom stereocenters. The van der Waals surface area contributed by atoms with Crippen molar-refractivity contribution in [1.29, 1.82) is 0 Å². The Labute approximate surface area is 182 Å². The highest BCUT2D eigenvalue weighted by atomic mass is 14.9. The second kappa shape index (κ2) is 19.6. The average Bonchev–Trinajstić information content (AvgIpc) is 2.80. The van der Waals surface area contributed by atoms with Crippen molar-refractivity contribution in [3.05, 3.63) is 47.8 Å². The molecule has 0 spiro atoms. The van der Waals surface area contributed by atoms with Crippen molar-refractivity contribution in [3.63, 3.8) is 0 Å². The number of rotatable bonds is 2. The molecular formula is C27H48N2. The predicted octanol–water partition coefficient (Wildman–Crippen LogP) is 9.06. The summed E-state index contributed by atoms with van der Waals surface area (Å²) in [5.74, 6) is 2.86. The van der Waals surface area contributed by atoms with Gasteiger partial charge in [0.1, 0.15) is 0 Å². The molecule has 1 fully saturated rings. The second-order valence-corrected chi connectivity index (χ2v) is 6.88. The van der Waals surface area contributed by atoms with Crippen molar-refractivity contribution in [3.8, 4) is 11.4 Å². The first-order valence-corrected chi connectivity index (χ1v) is 12.0. The number of nitrogens with zero attached hydrogens (tertiary/aromatic N) is 2. The largest absolute Gasteiger partial charge is 0.236 e. The average molecular weight is 401 g/mol. The number of hydrogen-bond acceptors (Lipinski definition) is 2. The van der Waals surface area contributed by atoms with Gasteiger partial charge in [0, 0.05) is 18.0 Å². The third-order valence-electron chi connectivity index (χ3n) is 4.90. The topological polar surface area (TPSA) is 25.8 Å². The van der Waals surface area contributed by atoms with Crippen LogP contribution in [0.25, 0.3) is 11.4 Å². The summed E-state index contributed by atoms with van der Waals surface area (Å²) in [6.45, 7) is 20.8. The van der Waals surface area contributed by atoms with Gasteiger partial charge in [0.25, 0.3) is 0 Å². The van der Waals surface area contributed by atoms with Gasteiger partial charge in [-0.25, -0.2) is 9.97 Å². The van der Waals surface area contributed by atoms with Crippen LogP contribution >= 0.6 is 0 Å². The van der Waals surface area contributed by atoms with Crippen LogP contribution in [0.15, 0.2) is 36.7 Å². The Morgan fingerprint density at radius 2 is 1.24 bits per heavy atom. The summed E-state index contributed by atoms with van der Waals surface area (Å²) >= 11 is 0. The van der Waals surface area contributed by atoms with Gasteiger partial charge in [-0.15, -0.1) is 0 Å². The van der Waals surface area contributed by atoms with E-state index in [1.807, 2.05) is 73.0 Å². The molecule has 29 heavy (non-hydrogen) atoms. The van der Waals surface area contributed by atoms with E-state index in [-0.39, 0.29) is 0 Å². The molecule has 2 aromatic rings. The van der Waals surface area contributed by atoms with Crippen molar-refractivity contribution in [1.82, 2.24) is 9.97 Å². The van der Waals surface area contributed by atoms with E-state index < -0.39 is 0 Å². The van der Waals surface area contributed by atoms with Crippen molar-refractivity contribution >= 4 is 0 Å². The highest BCUT2D eigenvalue weighted by Crippen LogP contribution is 2.31. The summed E-state index contributed by atoms with van der Waals surface area (Å²) in [6, 6.07) is 8.22. The first-order valence-electron chi connectivity index (χ1n) is 12.0. The van der Waals surface area contributed by atoms with Crippen LogP contribution in [0, 0.1) is 25.7 Å². The molecule has 2 heteroatoms. The van der Waals surface area contributed by atoms with Crippen molar-refractivity contribution < 1.29 is 0 Å². The Morgan fingerprint density at radius 1 is 0.759 bits per heavy atom. The maximum Gasteiger partial charge on any atom is 0.159 e. The fraction of sp³-hybridized carbons (Fsp3) is 0.630. The molecule has 1 aliphatic rings. The van der Waals surface area contributed by atoms with Crippen LogP contribution in [-0.2, 0) is 0 Å². The Bertz CT molecular complexity index is 529. The monoisotopic (exact) mass is 400 g/mol. The van der Waals surface area contributed by atoms with Gasteiger partial charge in [0.15, 0.2) is 5.82 Å². The van der Waals surface area contributed by atoms with Crippen LogP contribution in [0.4, 0.5) is 0 Å². The van der Waals surface area contributed by atoms with E-state index >= 15 is 0 Å². The van der Waals surface area contributed by atoms with Crippen LogP contribution in [0.5, 0.6) is 0 Å². The highest BCUT2D eigenvalue weighted by molar-refractivity contribution is 5.54. The summed E-state index contributed by atoms with van der Waals surface area (Å²) in [6.07, 6.45) is 11.0.